The van der Waals surface area contributed by atoms with E-state index in [4.69, 9.17) is 4.42 Å². The van der Waals surface area contributed by atoms with E-state index >= 15 is 0 Å². The molecule has 1 aromatic carbocycles. The van der Waals surface area contributed by atoms with E-state index in [9.17, 15) is 4.79 Å². The van der Waals surface area contributed by atoms with E-state index in [2.05, 4.69) is 40.8 Å². The van der Waals surface area contributed by atoms with Crippen molar-refractivity contribution in [2.24, 2.45) is 5.92 Å². The molecule has 144 valence electrons. The Morgan fingerprint density at radius 1 is 1.22 bits per heavy atom. The third kappa shape index (κ3) is 2.50. The molecule has 2 amide bonds. The maximum absolute atomic E-state index is 13.3. The Morgan fingerprint density at radius 2 is 2.00 bits per heavy atom. The van der Waals surface area contributed by atoms with Gasteiger partial charge >= 0.3 is 6.03 Å². The van der Waals surface area contributed by atoms with Gasteiger partial charge in [0, 0.05) is 32.6 Å². The summed E-state index contributed by atoms with van der Waals surface area (Å²) < 4.78 is 5.81. The first-order valence-electron chi connectivity index (χ1n) is 10.4. The number of urea groups is 1. The topological polar surface area (TPSA) is 49.6 Å². The molecule has 2 fully saturated rings. The number of fused-ring (bicyclic) bond motifs is 5. The van der Waals surface area contributed by atoms with Gasteiger partial charge in [0.2, 0.25) is 0 Å². The van der Waals surface area contributed by atoms with Gasteiger partial charge in [-0.25, -0.2) is 9.78 Å². The minimum Gasteiger partial charge on any atom is -0.441 e. The number of oxazole rings is 1. The third-order valence-corrected chi connectivity index (χ3v) is 7.49. The second kappa shape index (κ2) is 5.98. The molecule has 5 rings (SSSR count). The predicted octanol–water partition coefficient (Wildman–Crippen LogP) is 4.27. The van der Waals surface area contributed by atoms with Gasteiger partial charge < -0.3 is 14.2 Å². The van der Waals surface area contributed by atoms with Crippen molar-refractivity contribution >= 4 is 17.1 Å². The highest BCUT2D eigenvalue weighted by Crippen LogP contribution is 2.49. The first kappa shape index (κ1) is 17.1. The van der Waals surface area contributed by atoms with Gasteiger partial charge in [0.1, 0.15) is 5.52 Å². The molecule has 0 spiro atoms. The Bertz CT molecular complexity index is 898. The molecule has 2 aromatic rings. The lowest BCUT2D eigenvalue weighted by molar-refractivity contribution is 0.0386. The van der Waals surface area contributed by atoms with Gasteiger partial charge in [-0.15, -0.1) is 0 Å². The zero-order valence-corrected chi connectivity index (χ0v) is 16.6. The molecule has 2 bridgehead atoms. The van der Waals surface area contributed by atoms with Crippen LogP contribution in [0.15, 0.2) is 16.5 Å². The summed E-state index contributed by atoms with van der Waals surface area (Å²) in [5.74, 6) is 1.16. The van der Waals surface area contributed by atoms with Crippen LogP contribution in [0, 0.1) is 12.8 Å². The van der Waals surface area contributed by atoms with Crippen LogP contribution in [0.2, 0.25) is 0 Å². The summed E-state index contributed by atoms with van der Waals surface area (Å²) in [6.45, 7) is 9.31. The summed E-state index contributed by atoms with van der Waals surface area (Å²) in [5, 5.41) is 0. The van der Waals surface area contributed by atoms with Crippen LogP contribution in [0.4, 0.5) is 4.79 Å². The lowest BCUT2D eigenvalue weighted by Crippen LogP contribution is -2.62. The van der Waals surface area contributed by atoms with Gasteiger partial charge in [-0.05, 0) is 66.7 Å². The van der Waals surface area contributed by atoms with Crippen molar-refractivity contribution in [3.63, 3.8) is 0 Å². The summed E-state index contributed by atoms with van der Waals surface area (Å²) in [4.78, 5) is 22.0. The largest absolute Gasteiger partial charge is 0.441 e. The number of amides is 2. The van der Waals surface area contributed by atoms with Crippen LogP contribution in [0.5, 0.6) is 0 Å². The number of hydrogen-bond acceptors (Lipinski definition) is 3. The second-order valence-electron chi connectivity index (χ2n) is 8.96. The minimum atomic E-state index is 0.0891. The Balaban J connectivity index is 1.52. The van der Waals surface area contributed by atoms with Crippen LogP contribution < -0.4 is 0 Å². The molecule has 0 radical (unpaired) electrons. The van der Waals surface area contributed by atoms with Crippen molar-refractivity contribution in [3.05, 3.63) is 29.2 Å². The van der Waals surface area contributed by atoms with Crippen LogP contribution in [0.25, 0.3) is 11.1 Å². The van der Waals surface area contributed by atoms with E-state index < -0.39 is 0 Å². The van der Waals surface area contributed by atoms with Crippen molar-refractivity contribution in [2.75, 3.05) is 19.6 Å². The Hall–Kier alpha value is -2.04. The predicted molar refractivity (Wildman–Crippen MR) is 105 cm³/mol. The SMILES string of the molecule is Cc1nc2cc3c(cc2o1)[C@]1(C)CCN(C(=O)N2CCCCC2)[C@H](C3)[C@H]1C. The minimum absolute atomic E-state index is 0.0891. The molecule has 0 N–H and O–H groups in total. The zero-order valence-electron chi connectivity index (χ0n) is 16.6. The Morgan fingerprint density at radius 3 is 2.78 bits per heavy atom. The Kier molecular flexibility index (Phi) is 3.78. The van der Waals surface area contributed by atoms with Crippen molar-refractivity contribution < 1.29 is 9.21 Å². The maximum atomic E-state index is 13.3. The molecule has 1 aliphatic carbocycles. The van der Waals surface area contributed by atoms with E-state index in [0.29, 0.717) is 5.92 Å². The fourth-order valence-electron chi connectivity index (χ4n) is 5.67. The van der Waals surface area contributed by atoms with Crippen molar-refractivity contribution in [1.29, 1.82) is 0 Å². The van der Waals surface area contributed by atoms with Crippen LogP contribution in [0.1, 0.15) is 56.5 Å². The summed E-state index contributed by atoms with van der Waals surface area (Å²) in [6, 6.07) is 4.96. The number of nitrogens with zero attached hydrogens (tertiary/aromatic N) is 3. The lowest BCUT2D eigenvalue weighted by atomic mass is 9.59. The van der Waals surface area contributed by atoms with Gasteiger partial charge in [-0.1, -0.05) is 13.8 Å². The number of aromatic nitrogens is 1. The molecule has 5 heteroatoms. The Labute approximate surface area is 160 Å². The fourth-order valence-corrected chi connectivity index (χ4v) is 5.67. The van der Waals surface area contributed by atoms with Crippen LogP contribution in [-0.2, 0) is 11.8 Å². The van der Waals surface area contributed by atoms with Crippen LogP contribution in [0.3, 0.4) is 0 Å². The van der Waals surface area contributed by atoms with E-state index in [1.54, 1.807) is 0 Å². The fraction of sp³-hybridized carbons (Fsp3) is 0.636. The molecule has 3 aliphatic rings. The molecular formula is C22H29N3O2. The highest BCUT2D eigenvalue weighted by Gasteiger charge is 2.50. The molecule has 0 unspecified atom stereocenters. The lowest BCUT2D eigenvalue weighted by Gasteiger charge is -2.55. The van der Waals surface area contributed by atoms with E-state index in [1.807, 2.05) is 6.92 Å². The van der Waals surface area contributed by atoms with E-state index in [0.717, 1.165) is 62.3 Å². The van der Waals surface area contributed by atoms with Gasteiger partial charge in [0.25, 0.3) is 0 Å². The quantitative estimate of drug-likeness (QED) is 0.699. The molecule has 2 aliphatic heterocycles. The number of aryl methyl sites for hydroxylation is 1. The van der Waals surface area contributed by atoms with Gasteiger partial charge in [0.15, 0.2) is 11.5 Å². The highest BCUT2D eigenvalue weighted by molar-refractivity contribution is 5.78. The number of piperidine rings is 2. The van der Waals surface area contributed by atoms with Crippen molar-refractivity contribution in [1.82, 2.24) is 14.8 Å². The molecule has 27 heavy (non-hydrogen) atoms. The standard InChI is InChI=1S/C22H29N3O2/c1-14-19-12-16-11-18-20(27-15(2)23-18)13-17(16)22(14,3)7-10-25(19)21(26)24-8-5-4-6-9-24/h11,13-14,19H,4-10,12H2,1-3H3/t14-,19-,22-/m1/s1. The molecular weight excluding hydrogens is 338 g/mol. The van der Waals surface area contributed by atoms with Crippen molar-refractivity contribution in [2.45, 2.75) is 64.3 Å². The number of rotatable bonds is 0. The normalized spacial score (nSPS) is 30.5. The molecule has 5 nitrogen and oxygen atoms in total. The number of carbonyl (C=O) groups excluding carboxylic acids is 1. The summed E-state index contributed by atoms with van der Waals surface area (Å²) in [5.41, 5.74) is 4.67. The summed E-state index contributed by atoms with van der Waals surface area (Å²) >= 11 is 0. The number of carbonyl (C=O) groups is 1. The van der Waals surface area contributed by atoms with Gasteiger partial charge in [-0.3, -0.25) is 0 Å². The monoisotopic (exact) mass is 367 g/mol. The highest BCUT2D eigenvalue weighted by atomic mass is 16.3. The average molecular weight is 367 g/mol. The van der Waals surface area contributed by atoms with Crippen LogP contribution >= 0.6 is 0 Å². The smallest absolute Gasteiger partial charge is 0.320 e. The first-order valence-corrected chi connectivity index (χ1v) is 10.4. The maximum Gasteiger partial charge on any atom is 0.320 e. The zero-order chi connectivity index (χ0) is 18.8. The molecule has 3 heterocycles. The van der Waals surface area contributed by atoms with Gasteiger partial charge in [-0.2, -0.15) is 0 Å². The van der Waals surface area contributed by atoms with E-state index in [1.165, 1.54) is 17.5 Å². The molecule has 0 saturated carbocycles. The summed E-state index contributed by atoms with van der Waals surface area (Å²) in [6.07, 6.45) is 5.47. The van der Waals surface area contributed by atoms with E-state index in [-0.39, 0.29) is 17.5 Å². The first-order chi connectivity index (χ1) is 13.0. The second-order valence-corrected chi connectivity index (χ2v) is 8.96. The van der Waals surface area contributed by atoms with Crippen molar-refractivity contribution in [3.8, 4) is 0 Å². The number of likely N-dealkylation sites (tertiary alicyclic amines) is 2. The number of benzene rings is 1. The molecule has 1 aromatic heterocycles. The van der Waals surface area contributed by atoms with Gasteiger partial charge in [0.05, 0.1) is 0 Å². The number of hydrogen-bond donors (Lipinski definition) is 0. The summed E-state index contributed by atoms with van der Waals surface area (Å²) in [7, 11) is 0. The molecule has 3 atom stereocenters. The average Bonchev–Trinajstić information content (AvgIpc) is 3.03. The molecule has 2 saturated heterocycles. The third-order valence-electron chi connectivity index (χ3n) is 7.49. The van der Waals surface area contributed by atoms with Crippen LogP contribution in [-0.4, -0.2) is 46.5 Å².